The Bertz CT molecular complexity index is 1190. The van der Waals surface area contributed by atoms with E-state index in [1.807, 2.05) is 54.6 Å². The molecule has 0 saturated heterocycles. The number of nitriles is 1. The molecule has 4 aromatic rings. The summed E-state index contributed by atoms with van der Waals surface area (Å²) in [6.45, 7) is 0.742. The van der Waals surface area contributed by atoms with E-state index < -0.39 is 0 Å². The molecular weight excluding hydrogens is 384 g/mol. The van der Waals surface area contributed by atoms with E-state index in [4.69, 9.17) is 11.6 Å². The van der Waals surface area contributed by atoms with Gasteiger partial charge >= 0.3 is 0 Å². The van der Waals surface area contributed by atoms with Crippen LogP contribution >= 0.6 is 11.6 Å². The minimum atomic E-state index is 0.0183. The molecule has 0 saturated carbocycles. The molecule has 2 heterocycles. The summed E-state index contributed by atoms with van der Waals surface area (Å²) in [5.41, 5.74) is 5.03. The molecule has 1 N–H and O–H groups in total. The van der Waals surface area contributed by atoms with Crippen LogP contribution < -0.4 is 0 Å². The van der Waals surface area contributed by atoms with Gasteiger partial charge in [0.05, 0.1) is 6.61 Å². The average molecular weight is 403 g/mol. The Hall–Kier alpha value is -3.20. The summed E-state index contributed by atoms with van der Waals surface area (Å²) in [7, 11) is 0. The minimum Gasteiger partial charge on any atom is -0.392 e. The molecule has 0 radical (unpaired) electrons. The molecule has 2 aromatic carbocycles. The van der Waals surface area contributed by atoms with Crippen LogP contribution in [-0.4, -0.2) is 19.6 Å². The fraction of sp³-hybridized carbons (Fsp3) is 0.174. The predicted octanol–water partition coefficient (Wildman–Crippen LogP) is 4.28. The molecule has 0 bridgehead atoms. The van der Waals surface area contributed by atoms with Gasteiger partial charge in [0.2, 0.25) is 5.82 Å². The highest BCUT2D eigenvalue weighted by molar-refractivity contribution is 6.30. The summed E-state index contributed by atoms with van der Waals surface area (Å²) >= 11 is 5.99. The first-order valence-corrected chi connectivity index (χ1v) is 9.72. The van der Waals surface area contributed by atoms with Crippen molar-refractivity contribution in [2.75, 3.05) is 0 Å². The summed E-state index contributed by atoms with van der Waals surface area (Å²) in [5, 5.41) is 20.3. The van der Waals surface area contributed by atoms with Crippen LogP contribution in [-0.2, 0) is 26.0 Å². The lowest BCUT2D eigenvalue weighted by molar-refractivity contribution is 0.281. The van der Waals surface area contributed by atoms with Gasteiger partial charge in [-0.3, -0.25) is 0 Å². The van der Waals surface area contributed by atoms with E-state index >= 15 is 0 Å². The van der Waals surface area contributed by atoms with Crippen LogP contribution in [0.2, 0.25) is 5.02 Å². The van der Waals surface area contributed by atoms with E-state index in [0.717, 1.165) is 45.8 Å². The molecule has 5 nitrogen and oxygen atoms in total. The second-order valence-electron chi connectivity index (χ2n) is 6.90. The van der Waals surface area contributed by atoms with Crippen molar-refractivity contribution in [1.29, 1.82) is 5.26 Å². The van der Waals surface area contributed by atoms with Gasteiger partial charge < -0.3 is 9.67 Å². The zero-order valence-corrected chi connectivity index (χ0v) is 16.5. The van der Waals surface area contributed by atoms with E-state index in [-0.39, 0.29) is 12.4 Å². The Morgan fingerprint density at radius 3 is 2.59 bits per heavy atom. The summed E-state index contributed by atoms with van der Waals surface area (Å²) in [4.78, 5) is 8.55. The smallest absolute Gasteiger partial charge is 0.234 e. The Morgan fingerprint density at radius 1 is 1.03 bits per heavy atom. The molecule has 6 heteroatoms. The molecule has 144 valence electrons. The van der Waals surface area contributed by atoms with Crippen LogP contribution in [0.3, 0.4) is 0 Å². The third-order valence-electron chi connectivity index (χ3n) is 4.92. The maximum absolute atomic E-state index is 9.42. The molecule has 2 aromatic heterocycles. The van der Waals surface area contributed by atoms with Crippen LogP contribution in [0.25, 0.3) is 11.0 Å². The molecular formula is C23H19ClN4O. The van der Waals surface area contributed by atoms with Crippen molar-refractivity contribution in [1.82, 2.24) is 14.5 Å². The first kappa shape index (κ1) is 19.1. The molecule has 0 amide bonds. The van der Waals surface area contributed by atoms with Gasteiger partial charge in [0, 0.05) is 35.3 Å². The third kappa shape index (κ3) is 4.29. The number of fused-ring (bicyclic) bond motifs is 1. The highest BCUT2D eigenvalue weighted by Gasteiger charge is 2.13. The number of hydrogen-bond acceptors (Lipinski definition) is 4. The van der Waals surface area contributed by atoms with E-state index in [9.17, 15) is 10.4 Å². The molecule has 0 fully saturated rings. The number of aliphatic hydroxyl groups excluding tert-OH is 1. The number of rotatable bonds is 6. The summed E-state index contributed by atoms with van der Waals surface area (Å²) in [6, 6.07) is 19.8. The van der Waals surface area contributed by atoms with Crippen LogP contribution in [0.1, 0.15) is 28.2 Å². The molecule has 0 spiro atoms. The molecule has 0 aliphatic heterocycles. The highest BCUT2D eigenvalue weighted by Crippen LogP contribution is 2.22. The third-order valence-corrected chi connectivity index (χ3v) is 5.17. The van der Waals surface area contributed by atoms with Gasteiger partial charge in [-0.25, -0.2) is 9.97 Å². The predicted molar refractivity (Wildman–Crippen MR) is 113 cm³/mol. The van der Waals surface area contributed by atoms with Crippen LogP contribution in [0, 0.1) is 11.3 Å². The fourth-order valence-corrected chi connectivity index (χ4v) is 3.61. The largest absolute Gasteiger partial charge is 0.392 e. The lowest BCUT2D eigenvalue weighted by atomic mass is 10.1. The van der Waals surface area contributed by atoms with Crippen LogP contribution in [0.5, 0.6) is 0 Å². The van der Waals surface area contributed by atoms with Gasteiger partial charge in [-0.2, -0.15) is 5.26 Å². The summed E-state index contributed by atoms with van der Waals surface area (Å²) in [5.74, 6) is 0.164. The number of hydrogen-bond donors (Lipinski definition) is 1. The van der Waals surface area contributed by atoms with Gasteiger partial charge in [0.1, 0.15) is 11.7 Å². The minimum absolute atomic E-state index is 0.0183. The van der Waals surface area contributed by atoms with Crippen molar-refractivity contribution in [3.8, 4) is 6.07 Å². The molecule has 29 heavy (non-hydrogen) atoms. The Labute approximate surface area is 173 Å². The summed E-state index contributed by atoms with van der Waals surface area (Å²) in [6.07, 6.45) is 3.22. The fourth-order valence-electron chi connectivity index (χ4n) is 3.48. The summed E-state index contributed by atoms with van der Waals surface area (Å²) < 4.78 is 2.15. The lowest BCUT2D eigenvalue weighted by Gasteiger charge is -2.11. The quantitative estimate of drug-likeness (QED) is 0.522. The van der Waals surface area contributed by atoms with Gasteiger partial charge in [-0.05, 0) is 41.3 Å². The first-order valence-electron chi connectivity index (χ1n) is 9.34. The Kier molecular flexibility index (Phi) is 5.57. The van der Waals surface area contributed by atoms with E-state index in [1.165, 1.54) is 5.56 Å². The van der Waals surface area contributed by atoms with Gasteiger partial charge in [-0.15, -0.1) is 0 Å². The Morgan fingerprint density at radius 2 is 1.83 bits per heavy atom. The van der Waals surface area contributed by atoms with Crippen molar-refractivity contribution in [3.63, 3.8) is 0 Å². The zero-order valence-electron chi connectivity index (χ0n) is 15.7. The monoisotopic (exact) mass is 402 g/mol. The van der Waals surface area contributed by atoms with Crippen molar-refractivity contribution < 1.29 is 5.11 Å². The number of aromatic nitrogens is 3. The second-order valence-corrected chi connectivity index (χ2v) is 7.34. The van der Waals surface area contributed by atoms with Crippen LogP contribution in [0.15, 0.2) is 60.8 Å². The van der Waals surface area contributed by atoms with Crippen molar-refractivity contribution in [2.24, 2.45) is 0 Å². The lowest BCUT2D eigenvalue weighted by Crippen LogP contribution is -2.08. The topological polar surface area (TPSA) is 74.7 Å². The standard InChI is InChI=1S/C23H19ClN4O/c24-20-6-4-16(5-7-20)8-9-28-21(11-17-2-1-3-18(10-17)15-29)12-19-14-26-22(13-25)27-23(19)28/h1-7,10,12,14,29H,8-9,11,15H2. The maximum atomic E-state index is 9.42. The normalized spacial score (nSPS) is 10.9. The van der Waals surface area contributed by atoms with Crippen molar-refractivity contribution >= 4 is 22.6 Å². The second kappa shape index (κ2) is 8.44. The number of aliphatic hydroxyl groups is 1. The molecule has 0 atom stereocenters. The SMILES string of the molecule is N#Cc1ncc2cc(Cc3cccc(CO)c3)n(CCc3ccc(Cl)cc3)c2n1. The van der Waals surface area contributed by atoms with Gasteiger partial charge in [-0.1, -0.05) is 48.0 Å². The van der Waals surface area contributed by atoms with Gasteiger partial charge in [0.25, 0.3) is 0 Å². The van der Waals surface area contributed by atoms with E-state index in [1.54, 1.807) is 6.20 Å². The average Bonchev–Trinajstić information content (AvgIpc) is 3.09. The first-order chi connectivity index (χ1) is 14.2. The van der Waals surface area contributed by atoms with E-state index in [0.29, 0.717) is 6.42 Å². The van der Waals surface area contributed by atoms with Crippen molar-refractivity contribution in [3.05, 3.63) is 94.0 Å². The number of nitrogens with zero attached hydrogens (tertiary/aromatic N) is 4. The number of aryl methyl sites for hydroxylation is 2. The maximum Gasteiger partial charge on any atom is 0.234 e. The highest BCUT2D eigenvalue weighted by atomic mass is 35.5. The van der Waals surface area contributed by atoms with E-state index in [2.05, 4.69) is 20.6 Å². The van der Waals surface area contributed by atoms with Crippen molar-refractivity contribution in [2.45, 2.75) is 26.0 Å². The van der Waals surface area contributed by atoms with Gasteiger partial charge in [0.15, 0.2) is 0 Å². The molecule has 0 aliphatic carbocycles. The Balaban J connectivity index is 1.71. The molecule has 4 rings (SSSR count). The number of benzene rings is 2. The molecule has 0 unspecified atom stereocenters. The molecule has 0 aliphatic rings. The zero-order chi connectivity index (χ0) is 20.2. The number of halogens is 1. The van der Waals surface area contributed by atoms with Crippen LogP contribution in [0.4, 0.5) is 0 Å².